The maximum absolute atomic E-state index is 12.5. The van der Waals surface area contributed by atoms with E-state index in [2.05, 4.69) is 31.2 Å². The molecule has 1 fully saturated rings. The predicted octanol–water partition coefficient (Wildman–Crippen LogP) is 3.72. The van der Waals surface area contributed by atoms with Gasteiger partial charge in [0.05, 0.1) is 24.6 Å². The molecule has 1 amide bonds. The third-order valence-electron chi connectivity index (χ3n) is 4.82. The van der Waals surface area contributed by atoms with Crippen LogP contribution in [-0.4, -0.2) is 46.9 Å². The topological polar surface area (TPSA) is 47.4 Å². The van der Waals surface area contributed by atoms with E-state index in [1.807, 2.05) is 52.2 Å². The number of amides is 1. The lowest BCUT2D eigenvalue weighted by Crippen LogP contribution is -2.39. The third-order valence-corrected chi connectivity index (χ3v) is 4.82. The van der Waals surface area contributed by atoms with Crippen molar-refractivity contribution in [2.24, 2.45) is 0 Å². The fourth-order valence-electron chi connectivity index (χ4n) is 3.21. The molecule has 0 N–H and O–H groups in total. The van der Waals surface area contributed by atoms with Crippen molar-refractivity contribution >= 4 is 12.0 Å². The highest BCUT2D eigenvalue weighted by atomic mass is 16.5. The Kier molecular flexibility index (Phi) is 5.35. The lowest BCUT2D eigenvalue weighted by molar-refractivity contribution is -0.129. The quantitative estimate of drug-likeness (QED) is 0.655. The van der Waals surface area contributed by atoms with Gasteiger partial charge in [-0.1, -0.05) is 48.0 Å². The van der Waals surface area contributed by atoms with Gasteiger partial charge in [-0.15, -0.1) is 0 Å². The summed E-state index contributed by atoms with van der Waals surface area (Å²) in [4.78, 5) is 14.3. The molecular weight excluding hydrogens is 350 g/mol. The Bertz CT molecular complexity index is 969. The molecule has 0 atom stereocenters. The van der Waals surface area contributed by atoms with Crippen LogP contribution in [0.25, 0.3) is 23.0 Å². The molecule has 0 unspecified atom stereocenters. The van der Waals surface area contributed by atoms with E-state index >= 15 is 0 Å². The molecule has 0 aliphatic carbocycles. The van der Waals surface area contributed by atoms with E-state index in [0.717, 1.165) is 22.5 Å². The Balaban J connectivity index is 1.67. The predicted molar refractivity (Wildman–Crippen MR) is 110 cm³/mol. The third kappa shape index (κ3) is 4.05. The molecule has 0 spiro atoms. The normalized spacial score (nSPS) is 14.5. The second kappa shape index (κ2) is 8.23. The Morgan fingerprint density at radius 3 is 2.46 bits per heavy atom. The molecule has 1 aromatic heterocycles. The first-order valence-electron chi connectivity index (χ1n) is 9.47. The molecule has 142 valence electrons. The van der Waals surface area contributed by atoms with Crippen molar-refractivity contribution in [2.45, 2.75) is 6.92 Å². The fourth-order valence-corrected chi connectivity index (χ4v) is 3.21. The number of hydrogen-bond acceptors (Lipinski definition) is 3. The first kappa shape index (κ1) is 18.2. The van der Waals surface area contributed by atoms with Gasteiger partial charge in [0.2, 0.25) is 5.91 Å². The molecule has 2 aromatic carbocycles. The highest BCUT2D eigenvalue weighted by Gasteiger charge is 2.15. The Labute approximate surface area is 164 Å². The summed E-state index contributed by atoms with van der Waals surface area (Å²) in [5.74, 6) is 0.00520. The van der Waals surface area contributed by atoms with E-state index in [4.69, 9.17) is 9.84 Å². The highest BCUT2D eigenvalue weighted by molar-refractivity contribution is 5.93. The maximum Gasteiger partial charge on any atom is 0.246 e. The number of morpholine rings is 1. The van der Waals surface area contributed by atoms with Crippen molar-refractivity contribution in [3.8, 4) is 16.9 Å². The summed E-state index contributed by atoms with van der Waals surface area (Å²) in [7, 11) is 0. The number of rotatable bonds is 4. The standard InChI is InChI=1S/C23H23N3O2/c1-18-7-9-19(10-8-18)23-20(11-12-22(27)25-13-15-28-16-14-25)17-26(24-23)21-5-3-2-4-6-21/h2-12,17H,13-16H2,1H3/b12-11-. The molecular formula is C23H23N3O2. The molecule has 0 radical (unpaired) electrons. The molecule has 1 aliphatic heterocycles. The lowest BCUT2D eigenvalue weighted by atomic mass is 10.1. The van der Waals surface area contributed by atoms with Crippen LogP contribution in [0.2, 0.25) is 0 Å². The van der Waals surface area contributed by atoms with Gasteiger partial charge in [-0.25, -0.2) is 4.68 Å². The summed E-state index contributed by atoms with van der Waals surface area (Å²) in [6.45, 7) is 4.53. The van der Waals surface area contributed by atoms with Crippen LogP contribution in [0.3, 0.4) is 0 Å². The monoisotopic (exact) mass is 373 g/mol. The number of carbonyl (C=O) groups excluding carboxylic acids is 1. The van der Waals surface area contributed by atoms with Crippen LogP contribution in [0.4, 0.5) is 0 Å². The van der Waals surface area contributed by atoms with Gasteiger partial charge >= 0.3 is 0 Å². The van der Waals surface area contributed by atoms with Crippen molar-refractivity contribution in [1.29, 1.82) is 0 Å². The summed E-state index contributed by atoms with van der Waals surface area (Å²) in [6, 6.07) is 18.3. The maximum atomic E-state index is 12.5. The van der Waals surface area contributed by atoms with Gasteiger partial charge in [-0.05, 0) is 25.1 Å². The van der Waals surface area contributed by atoms with Gasteiger partial charge in [-0.2, -0.15) is 5.10 Å². The Morgan fingerprint density at radius 1 is 1.04 bits per heavy atom. The van der Waals surface area contributed by atoms with Crippen molar-refractivity contribution in [3.63, 3.8) is 0 Å². The van der Waals surface area contributed by atoms with Crippen molar-refractivity contribution < 1.29 is 9.53 Å². The first-order chi connectivity index (χ1) is 13.7. The van der Waals surface area contributed by atoms with Crippen molar-refractivity contribution in [3.05, 3.63) is 78.0 Å². The number of benzene rings is 2. The van der Waals surface area contributed by atoms with E-state index in [1.165, 1.54) is 5.56 Å². The van der Waals surface area contributed by atoms with Crippen LogP contribution in [0.5, 0.6) is 0 Å². The van der Waals surface area contributed by atoms with Crippen LogP contribution in [0.1, 0.15) is 11.1 Å². The number of ether oxygens (including phenoxy) is 1. The number of carbonyl (C=O) groups is 1. The van der Waals surface area contributed by atoms with Gasteiger partial charge in [0.1, 0.15) is 0 Å². The average molecular weight is 373 g/mol. The van der Waals surface area contributed by atoms with Gasteiger partial charge in [-0.3, -0.25) is 4.79 Å². The van der Waals surface area contributed by atoms with Gasteiger partial charge < -0.3 is 9.64 Å². The van der Waals surface area contributed by atoms with E-state index < -0.39 is 0 Å². The van der Waals surface area contributed by atoms with Gasteiger partial charge in [0.25, 0.3) is 0 Å². The smallest absolute Gasteiger partial charge is 0.246 e. The molecule has 3 aromatic rings. The van der Waals surface area contributed by atoms with Crippen LogP contribution >= 0.6 is 0 Å². The number of hydrogen-bond donors (Lipinski definition) is 0. The highest BCUT2D eigenvalue weighted by Crippen LogP contribution is 2.25. The molecule has 5 nitrogen and oxygen atoms in total. The lowest BCUT2D eigenvalue weighted by Gasteiger charge is -2.25. The zero-order valence-corrected chi connectivity index (χ0v) is 15.9. The minimum Gasteiger partial charge on any atom is -0.378 e. The first-order valence-corrected chi connectivity index (χ1v) is 9.47. The molecule has 28 heavy (non-hydrogen) atoms. The largest absolute Gasteiger partial charge is 0.378 e. The van der Waals surface area contributed by atoms with E-state index in [0.29, 0.717) is 26.3 Å². The molecule has 2 heterocycles. The fraction of sp³-hybridized carbons (Fsp3) is 0.217. The molecule has 0 bridgehead atoms. The zero-order chi connectivity index (χ0) is 19.3. The van der Waals surface area contributed by atoms with E-state index in [1.54, 1.807) is 6.08 Å². The number of para-hydroxylation sites is 1. The van der Waals surface area contributed by atoms with Crippen LogP contribution < -0.4 is 0 Å². The molecule has 1 saturated heterocycles. The summed E-state index contributed by atoms with van der Waals surface area (Å²) in [5.41, 5.74) is 4.98. The van der Waals surface area contributed by atoms with Crippen LogP contribution in [0, 0.1) is 6.92 Å². The van der Waals surface area contributed by atoms with E-state index in [-0.39, 0.29) is 5.91 Å². The Hall–Kier alpha value is -3.18. The number of nitrogens with zero attached hydrogens (tertiary/aromatic N) is 3. The molecule has 4 rings (SSSR count). The van der Waals surface area contributed by atoms with Crippen LogP contribution in [0.15, 0.2) is 66.9 Å². The molecule has 1 aliphatic rings. The second-order valence-electron chi connectivity index (χ2n) is 6.85. The van der Waals surface area contributed by atoms with Crippen molar-refractivity contribution in [2.75, 3.05) is 26.3 Å². The SMILES string of the molecule is Cc1ccc(-c2nn(-c3ccccc3)cc2/C=C\C(=O)N2CCOCC2)cc1. The molecule has 0 saturated carbocycles. The summed E-state index contributed by atoms with van der Waals surface area (Å²) >= 11 is 0. The minimum absolute atomic E-state index is 0.00520. The molecule has 5 heteroatoms. The number of aryl methyl sites for hydroxylation is 1. The second-order valence-corrected chi connectivity index (χ2v) is 6.85. The minimum atomic E-state index is 0.00520. The Morgan fingerprint density at radius 2 is 1.75 bits per heavy atom. The van der Waals surface area contributed by atoms with Crippen molar-refractivity contribution in [1.82, 2.24) is 14.7 Å². The van der Waals surface area contributed by atoms with Crippen LogP contribution in [-0.2, 0) is 9.53 Å². The summed E-state index contributed by atoms with van der Waals surface area (Å²) in [5, 5.41) is 4.79. The summed E-state index contributed by atoms with van der Waals surface area (Å²) in [6.07, 6.45) is 5.46. The van der Waals surface area contributed by atoms with E-state index in [9.17, 15) is 4.79 Å². The number of aromatic nitrogens is 2. The zero-order valence-electron chi connectivity index (χ0n) is 15.9. The van der Waals surface area contributed by atoms with Gasteiger partial charge in [0.15, 0.2) is 0 Å². The van der Waals surface area contributed by atoms with Gasteiger partial charge in [0, 0.05) is 36.5 Å². The average Bonchev–Trinajstić information content (AvgIpc) is 3.18. The summed E-state index contributed by atoms with van der Waals surface area (Å²) < 4.78 is 7.18.